The van der Waals surface area contributed by atoms with E-state index in [0.717, 1.165) is 27.7 Å². The van der Waals surface area contributed by atoms with Gasteiger partial charge in [-0.25, -0.2) is 9.97 Å². The fourth-order valence-corrected chi connectivity index (χ4v) is 3.09. The van der Waals surface area contributed by atoms with E-state index in [1.54, 1.807) is 20.5 Å². The lowest BCUT2D eigenvalue weighted by Gasteiger charge is -2.11. The van der Waals surface area contributed by atoms with Gasteiger partial charge in [-0.1, -0.05) is 48.5 Å². The number of benzene rings is 3. The van der Waals surface area contributed by atoms with Crippen molar-refractivity contribution in [3.63, 3.8) is 0 Å². The molecule has 0 aliphatic rings. The Hall–Kier alpha value is -3.40. The van der Waals surface area contributed by atoms with E-state index in [9.17, 15) is 0 Å². The number of fused-ring (bicyclic) bond motifs is 1. The zero-order valence-electron chi connectivity index (χ0n) is 14.6. The lowest BCUT2D eigenvalue weighted by Crippen LogP contribution is -1.94. The van der Waals surface area contributed by atoms with E-state index in [0.29, 0.717) is 11.5 Å². The summed E-state index contributed by atoms with van der Waals surface area (Å²) in [6.45, 7) is 0. The van der Waals surface area contributed by atoms with Crippen LogP contribution in [-0.2, 0) is 0 Å². The Balaban J connectivity index is 1.89. The number of rotatable bonds is 4. The standard InChI is InChI=1S/C22H18N2O2/c1-25-20-12-18-19(13-21(20)26-2)23-14-24-22(18)17-10-6-9-16(11-17)15-7-4-3-5-8-15/h3-14H,1-2H3. The van der Waals surface area contributed by atoms with E-state index in [4.69, 9.17) is 9.47 Å². The summed E-state index contributed by atoms with van der Waals surface area (Å²) in [7, 11) is 3.25. The van der Waals surface area contributed by atoms with Crippen molar-refractivity contribution in [2.45, 2.75) is 0 Å². The minimum absolute atomic E-state index is 0.655. The Morgan fingerprint density at radius 1 is 0.654 bits per heavy atom. The third-order valence-corrected chi connectivity index (χ3v) is 4.38. The minimum Gasteiger partial charge on any atom is -0.493 e. The topological polar surface area (TPSA) is 44.2 Å². The second-order valence-corrected chi connectivity index (χ2v) is 5.89. The molecule has 3 aromatic carbocycles. The first-order chi connectivity index (χ1) is 12.8. The van der Waals surface area contributed by atoms with Crippen LogP contribution in [0.1, 0.15) is 0 Å². The second kappa shape index (κ2) is 6.84. The molecule has 4 aromatic rings. The van der Waals surface area contributed by atoms with Crippen molar-refractivity contribution in [3.05, 3.63) is 73.1 Å². The molecular formula is C22H18N2O2. The molecule has 0 aliphatic heterocycles. The number of hydrogen-bond acceptors (Lipinski definition) is 4. The van der Waals surface area contributed by atoms with Crippen LogP contribution >= 0.6 is 0 Å². The van der Waals surface area contributed by atoms with Crippen LogP contribution in [0.4, 0.5) is 0 Å². The Morgan fingerprint density at radius 3 is 2.12 bits per heavy atom. The summed E-state index contributed by atoms with van der Waals surface area (Å²) in [6, 6.07) is 22.5. The maximum Gasteiger partial charge on any atom is 0.162 e. The van der Waals surface area contributed by atoms with E-state index in [1.165, 1.54) is 5.56 Å². The molecule has 4 nitrogen and oxygen atoms in total. The summed E-state index contributed by atoms with van der Waals surface area (Å²) in [6.07, 6.45) is 1.58. The predicted octanol–water partition coefficient (Wildman–Crippen LogP) is 4.98. The van der Waals surface area contributed by atoms with Crippen LogP contribution in [0.5, 0.6) is 11.5 Å². The average molecular weight is 342 g/mol. The normalized spacial score (nSPS) is 10.7. The molecule has 0 bridgehead atoms. The summed E-state index contributed by atoms with van der Waals surface area (Å²) in [5, 5.41) is 0.926. The summed E-state index contributed by atoms with van der Waals surface area (Å²) in [5.74, 6) is 1.32. The molecule has 0 aliphatic carbocycles. The van der Waals surface area contributed by atoms with Gasteiger partial charge in [-0.3, -0.25) is 0 Å². The molecule has 1 heterocycles. The van der Waals surface area contributed by atoms with Gasteiger partial charge in [0.25, 0.3) is 0 Å². The Kier molecular flexibility index (Phi) is 4.23. The SMILES string of the molecule is COc1cc2ncnc(-c3cccc(-c4ccccc4)c3)c2cc1OC. The van der Waals surface area contributed by atoms with Crippen molar-refractivity contribution in [1.29, 1.82) is 0 Å². The predicted molar refractivity (Wildman–Crippen MR) is 104 cm³/mol. The van der Waals surface area contributed by atoms with Crippen molar-refractivity contribution >= 4 is 10.9 Å². The molecule has 0 N–H and O–H groups in total. The third-order valence-electron chi connectivity index (χ3n) is 4.38. The Bertz CT molecular complexity index is 1060. The van der Waals surface area contributed by atoms with Gasteiger partial charge in [0.1, 0.15) is 6.33 Å². The van der Waals surface area contributed by atoms with Crippen LogP contribution in [0, 0.1) is 0 Å². The van der Waals surface area contributed by atoms with Gasteiger partial charge in [0.15, 0.2) is 11.5 Å². The molecule has 0 saturated carbocycles. The number of ether oxygens (including phenoxy) is 2. The van der Waals surface area contributed by atoms with E-state index in [1.807, 2.05) is 36.4 Å². The lowest BCUT2D eigenvalue weighted by molar-refractivity contribution is 0.356. The monoisotopic (exact) mass is 342 g/mol. The minimum atomic E-state index is 0.655. The molecule has 0 amide bonds. The number of methoxy groups -OCH3 is 2. The first-order valence-electron chi connectivity index (χ1n) is 8.33. The highest BCUT2D eigenvalue weighted by Crippen LogP contribution is 2.35. The number of aromatic nitrogens is 2. The summed E-state index contributed by atoms with van der Waals surface area (Å²) in [4.78, 5) is 8.92. The number of hydrogen-bond donors (Lipinski definition) is 0. The van der Waals surface area contributed by atoms with Gasteiger partial charge in [0.05, 0.1) is 25.4 Å². The first-order valence-corrected chi connectivity index (χ1v) is 8.33. The molecule has 128 valence electrons. The molecule has 0 fully saturated rings. The van der Waals surface area contributed by atoms with Crippen LogP contribution in [0.3, 0.4) is 0 Å². The molecule has 0 spiro atoms. The second-order valence-electron chi connectivity index (χ2n) is 5.89. The fraction of sp³-hybridized carbons (Fsp3) is 0.0909. The van der Waals surface area contributed by atoms with Crippen LogP contribution < -0.4 is 9.47 Å². The van der Waals surface area contributed by atoms with E-state index in [2.05, 4.69) is 40.3 Å². The molecule has 0 unspecified atom stereocenters. The quantitative estimate of drug-likeness (QED) is 0.524. The van der Waals surface area contributed by atoms with Crippen LogP contribution in [0.15, 0.2) is 73.1 Å². The molecule has 0 radical (unpaired) electrons. The molecule has 0 saturated heterocycles. The van der Waals surface area contributed by atoms with Crippen molar-refractivity contribution in [1.82, 2.24) is 9.97 Å². The van der Waals surface area contributed by atoms with E-state index >= 15 is 0 Å². The zero-order chi connectivity index (χ0) is 17.9. The van der Waals surface area contributed by atoms with E-state index < -0.39 is 0 Å². The molecule has 26 heavy (non-hydrogen) atoms. The van der Waals surface area contributed by atoms with Gasteiger partial charge in [0, 0.05) is 17.0 Å². The van der Waals surface area contributed by atoms with Gasteiger partial charge >= 0.3 is 0 Å². The summed E-state index contributed by atoms with van der Waals surface area (Å²) >= 11 is 0. The largest absolute Gasteiger partial charge is 0.493 e. The van der Waals surface area contributed by atoms with Crippen LogP contribution in [-0.4, -0.2) is 24.2 Å². The molecule has 1 aromatic heterocycles. The maximum absolute atomic E-state index is 5.45. The summed E-state index contributed by atoms with van der Waals surface area (Å²) < 4.78 is 10.8. The van der Waals surface area contributed by atoms with Crippen molar-refractivity contribution in [2.75, 3.05) is 14.2 Å². The van der Waals surface area contributed by atoms with Crippen molar-refractivity contribution in [3.8, 4) is 33.9 Å². The highest BCUT2D eigenvalue weighted by molar-refractivity contribution is 5.94. The molecule has 4 rings (SSSR count). The molecule has 4 heteroatoms. The van der Waals surface area contributed by atoms with Crippen LogP contribution in [0.2, 0.25) is 0 Å². The highest BCUT2D eigenvalue weighted by atomic mass is 16.5. The molecular weight excluding hydrogens is 324 g/mol. The van der Waals surface area contributed by atoms with Gasteiger partial charge in [-0.15, -0.1) is 0 Å². The summed E-state index contributed by atoms with van der Waals surface area (Å²) in [5.41, 5.74) is 5.04. The van der Waals surface area contributed by atoms with Crippen molar-refractivity contribution in [2.24, 2.45) is 0 Å². The van der Waals surface area contributed by atoms with Crippen LogP contribution in [0.25, 0.3) is 33.3 Å². The van der Waals surface area contributed by atoms with E-state index in [-0.39, 0.29) is 0 Å². The van der Waals surface area contributed by atoms with Gasteiger partial charge in [-0.05, 0) is 23.3 Å². The lowest BCUT2D eigenvalue weighted by atomic mass is 10.00. The Morgan fingerprint density at radius 2 is 1.35 bits per heavy atom. The third kappa shape index (κ3) is 2.86. The van der Waals surface area contributed by atoms with Gasteiger partial charge < -0.3 is 9.47 Å². The van der Waals surface area contributed by atoms with Gasteiger partial charge in [-0.2, -0.15) is 0 Å². The smallest absolute Gasteiger partial charge is 0.162 e. The van der Waals surface area contributed by atoms with Gasteiger partial charge in [0.2, 0.25) is 0 Å². The van der Waals surface area contributed by atoms with Crippen molar-refractivity contribution < 1.29 is 9.47 Å². The average Bonchev–Trinajstić information content (AvgIpc) is 2.73. The molecule has 0 atom stereocenters. The number of nitrogens with zero attached hydrogens (tertiary/aromatic N) is 2. The maximum atomic E-state index is 5.45. The zero-order valence-corrected chi connectivity index (χ0v) is 14.6. The highest BCUT2D eigenvalue weighted by Gasteiger charge is 2.12. The first kappa shape index (κ1) is 16.1. The fourth-order valence-electron chi connectivity index (χ4n) is 3.09. The Labute approximate surface area is 152 Å².